The van der Waals surface area contributed by atoms with Gasteiger partial charge in [-0.2, -0.15) is 0 Å². The van der Waals surface area contributed by atoms with Crippen molar-refractivity contribution in [3.63, 3.8) is 0 Å². The first-order valence-corrected chi connectivity index (χ1v) is 7.20. The highest BCUT2D eigenvalue weighted by molar-refractivity contribution is 8.00. The van der Waals surface area contributed by atoms with E-state index in [0.29, 0.717) is 18.2 Å². The molecular weight excluding hydrogens is 272 g/mol. The lowest BCUT2D eigenvalue weighted by Gasteiger charge is -2.06. The molecule has 0 aliphatic carbocycles. The second-order valence-corrected chi connectivity index (χ2v) is 5.14. The maximum absolute atomic E-state index is 11.7. The van der Waals surface area contributed by atoms with Gasteiger partial charge in [0.05, 0.1) is 12.9 Å². The van der Waals surface area contributed by atoms with Crippen LogP contribution in [0.2, 0.25) is 0 Å². The number of pyridine rings is 1. The van der Waals surface area contributed by atoms with Crippen molar-refractivity contribution >= 4 is 17.7 Å². The molecule has 0 saturated carbocycles. The molecule has 0 radical (unpaired) electrons. The number of benzene rings is 1. The molecule has 1 amide bonds. The number of rotatable bonds is 6. The number of carbonyl (C=O) groups excluding carboxylic acids is 1. The Labute approximate surface area is 122 Å². The normalized spacial score (nSPS) is 10.1. The summed E-state index contributed by atoms with van der Waals surface area (Å²) in [6.07, 6.45) is 1.70. The Hall–Kier alpha value is -2.01. The first-order chi connectivity index (χ1) is 9.78. The van der Waals surface area contributed by atoms with Gasteiger partial charge in [0.2, 0.25) is 11.8 Å². The third-order valence-corrected chi connectivity index (χ3v) is 3.62. The zero-order valence-corrected chi connectivity index (χ0v) is 12.0. The van der Waals surface area contributed by atoms with E-state index in [1.807, 2.05) is 36.4 Å². The Kier molecular flexibility index (Phi) is 5.43. The van der Waals surface area contributed by atoms with E-state index < -0.39 is 0 Å². The minimum atomic E-state index is 0.00895. The van der Waals surface area contributed by atoms with Crippen LogP contribution in [-0.2, 0) is 11.3 Å². The topological polar surface area (TPSA) is 51.2 Å². The van der Waals surface area contributed by atoms with Gasteiger partial charge >= 0.3 is 0 Å². The molecule has 0 fully saturated rings. The van der Waals surface area contributed by atoms with Crippen LogP contribution in [0, 0.1) is 0 Å². The quantitative estimate of drug-likeness (QED) is 0.830. The van der Waals surface area contributed by atoms with Gasteiger partial charge in [-0.05, 0) is 17.7 Å². The van der Waals surface area contributed by atoms with E-state index in [0.717, 1.165) is 10.5 Å². The summed E-state index contributed by atoms with van der Waals surface area (Å²) < 4.78 is 4.98. The number of amides is 1. The fourth-order valence-corrected chi connectivity index (χ4v) is 2.30. The van der Waals surface area contributed by atoms with Crippen molar-refractivity contribution < 1.29 is 9.53 Å². The third-order valence-electron chi connectivity index (χ3n) is 2.61. The number of hydrogen-bond acceptors (Lipinski definition) is 4. The Morgan fingerprint density at radius 3 is 2.70 bits per heavy atom. The maximum atomic E-state index is 11.7. The monoisotopic (exact) mass is 288 g/mol. The molecule has 0 aliphatic rings. The molecule has 2 aromatic rings. The fourth-order valence-electron chi connectivity index (χ4n) is 1.55. The third kappa shape index (κ3) is 4.59. The minimum absolute atomic E-state index is 0.00895. The van der Waals surface area contributed by atoms with Gasteiger partial charge < -0.3 is 10.1 Å². The number of nitrogens with zero attached hydrogens (tertiary/aromatic N) is 1. The Balaban J connectivity index is 1.74. The van der Waals surface area contributed by atoms with Crippen molar-refractivity contribution in [1.29, 1.82) is 0 Å². The summed E-state index contributed by atoms with van der Waals surface area (Å²) in [6, 6.07) is 13.5. The van der Waals surface area contributed by atoms with E-state index in [-0.39, 0.29) is 5.91 Å². The van der Waals surface area contributed by atoms with Crippen LogP contribution in [0.15, 0.2) is 53.6 Å². The number of ether oxygens (including phenoxy) is 1. The summed E-state index contributed by atoms with van der Waals surface area (Å²) in [6.45, 7) is 0.477. The van der Waals surface area contributed by atoms with E-state index >= 15 is 0 Å². The molecule has 0 saturated heterocycles. The van der Waals surface area contributed by atoms with Crippen molar-refractivity contribution in [2.75, 3.05) is 12.9 Å². The van der Waals surface area contributed by atoms with E-state index in [2.05, 4.69) is 10.3 Å². The van der Waals surface area contributed by atoms with E-state index in [1.54, 1.807) is 19.4 Å². The molecule has 104 valence electrons. The lowest BCUT2D eigenvalue weighted by Crippen LogP contribution is -2.24. The van der Waals surface area contributed by atoms with Crippen molar-refractivity contribution in [2.24, 2.45) is 0 Å². The fraction of sp³-hybridized carbons (Fsp3) is 0.200. The van der Waals surface area contributed by atoms with Crippen LogP contribution in [-0.4, -0.2) is 23.8 Å². The second kappa shape index (κ2) is 7.55. The molecule has 1 heterocycles. The number of aromatic nitrogens is 1. The highest BCUT2D eigenvalue weighted by Gasteiger charge is 2.03. The molecule has 0 unspecified atom stereocenters. The highest BCUT2D eigenvalue weighted by Crippen LogP contribution is 2.16. The largest absolute Gasteiger partial charge is 0.481 e. The molecule has 1 aromatic carbocycles. The number of thioether (sulfide) groups is 1. The highest BCUT2D eigenvalue weighted by atomic mass is 32.2. The predicted molar refractivity (Wildman–Crippen MR) is 79.8 cm³/mol. The molecule has 0 atom stereocenters. The number of hydrogen-bond donors (Lipinski definition) is 1. The van der Waals surface area contributed by atoms with Gasteiger partial charge in [0.15, 0.2) is 0 Å². The van der Waals surface area contributed by atoms with Crippen LogP contribution in [0.3, 0.4) is 0 Å². The van der Waals surface area contributed by atoms with Crippen molar-refractivity contribution in [3.8, 4) is 5.88 Å². The van der Waals surface area contributed by atoms with Gasteiger partial charge in [0.25, 0.3) is 0 Å². The smallest absolute Gasteiger partial charge is 0.230 e. The van der Waals surface area contributed by atoms with Gasteiger partial charge in [0, 0.05) is 23.7 Å². The van der Waals surface area contributed by atoms with Crippen LogP contribution >= 0.6 is 11.8 Å². The minimum Gasteiger partial charge on any atom is -0.481 e. The average molecular weight is 288 g/mol. The van der Waals surface area contributed by atoms with Crippen LogP contribution in [0.25, 0.3) is 0 Å². The zero-order chi connectivity index (χ0) is 14.2. The van der Waals surface area contributed by atoms with Crippen LogP contribution in [0.4, 0.5) is 0 Å². The summed E-state index contributed by atoms with van der Waals surface area (Å²) >= 11 is 1.52. The lowest BCUT2D eigenvalue weighted by atomic mass is 10.3. The van der Waals surface area contributed by atoms with Gasteiger partial charge in [-0.15, -0.1) is 11.8 Å². The zero-order valence-electron chi connectivity index (χ0n) is 11.2. The molecule has 2 rings (SSSR count). The Bertz CT molecular complexity index is 544. The molecular formula is C15H16N2O2S. The van der Waals surface area contributed by atoms with Gasteiger partial charge in [-0.3, -0.25) is 4.79 Å². The second-order valence-electron chi connectivity index (χ2n) is 4.09. The molecule has 1 N–H and O–H groups in total. The molecule has 0 spiro atoms. The number of nitrogens with one attached hydrogen (secondary N) is 1. The van der Waals surface area contributed by atoms with E-state index in [4.69, 9.17) is 4.74 Å². The standard InChI is InChI=1S/C15H16N2O2S/c1-19-15-8-7-12(10-17-15)9-16-14(18)11-20-13-5-3-2-4-6-13/h2-8,10H,9,11H2,1H3,(H,16,18). The summed E-state index contributed by atoms with van der Waals surface area (Å²) in [4.78, 5) is 16.9. The first-order valence-electron chi connectivity index (χ1n) is 6.21. The van der Waals surface area contributed by atoms with Crippen molar-refractivity contribution in [3.05, 3.63) is 54.2 Å². The SMILES string of the molecule is COc1ccc(CNC(=O)CSc2ccccc2)cn1. The summed E-state index contributed by atoms with van der Waals surface area (Å²) in [7, 11) is 1.57. The van der Waals surface area contributed by atoms with Crippen LogP contribution in [0.5, 0.6) is 5.88 Å². The molecule has 5 heteroatoms. The molecule has 0 aliphatic heterocycles. The van der Waals surface area contributed by atoms with Crippen LogP contribution in [0.1, 0.15) is 5.56 Å². The van der Waals surface area contributed by atoms with Gasteiger partial charge in [-0.25, -0.2) is 4.98 Å². The Morgan fingerprint density at radius 1 is 1.25 bits per heavy atom. The van der Waals surface area contributed by atoms with Crippen molar-refractivity contribution in [2.45, 2.75) is 11.4 Å². The first kappa shape index (κ1) is 14.4. The van der Waals surface area contributed by atoms with E-state index in [1.165, 1.54) is 11.8 Å². The van der Waals surface area contributed by atoms with Crippen molar-refractivity contribution in [1.82, 2.24) is 10.3 Å². The molecule has 0 bridgehead atoms. The predicted octanol–water partition coefficient (Wildman–Crippen LogP) is 2.50. The molecule has 4 nitrogen and oxygen atoms in total. The number of methoxy groups -OCH3 is 1. The van der Waals surface area contributed by atoms with Crippen LogP contribution < -0.4 is 10.1 Å². The van der Waals surface area contributed by atoms with Gasteiger partial charge in [-0.1, -0.05) is 24.3 Å². The maximum Gasteiger partial charge on any atom is 0.230 e. The summed E-state index contributed by atoms with van der Waals surface area (Å²) in [5, 5.41) is 2.87. The summed E-state index contributed by atoms with van der Waals surface area (Å²) in [5.74, 6) is 0.988. The van der Waals surface area contributed by atoms with Gasteiger partial charge in [0.1, 0.15) is 0 Å². The summed E-state index contributed by atoms with van der Waals surface area (Å²) in [5.41, 5.74) is 0.948. The Morgan fingerprint density at radius 2 is 2.05 bits per heavy atom. The number of carbonyl (C=O) groups is 1. The van der Waals surface area contributed by atoms with E-state index in [9.17, 15) is 4.79 Å². The average Bonchev–Trinajstić information content (AvgIpc) is 2.52. The molecule has 20 heavy (non-hydrogen) atoms. The molecule has 1 aromatic heterocycles. The lowest BCUT2D eigenvalue weighted by molar-refractivity contribution is -0.118.